The number of anilines is 1. The number of hydrogen-bond acceptors (Lipinski definition) is 10. The fourth-order valence-electron chi connectivity index (χ4n) is 3.84. The van der Waals surface area contributed by atoms with Gasteiger partial charge in [0.1, 0.15) is 23.5 Å². The van der Waals surface area contributed by atoms with Crippen LogP contribution in [0.5, 0.6) is 0 Å². The quantitative estimate of drug-likeness (QED) is 0.301. The van der Waals surface area contributed by atoms with Crippen LogP contribution in [0.25, 0.3) is 5.70 Å². The zero-order valence-corrected chi connectivity index (χ0v) is 19.2. The summed E-state index contributed by atoms with van der Waals surface area (Å²) in [6, 6.07) is 7.87. The summed E-state index contributed by atoms with van der Waals surface area (Å²) in [5.74, 6) is -1.37. The van der Waals surface area contributed by atoms with Gasteiger partial charge >= 0.3 is 0 Å². The standard InChI is InChI=1S/C23H20F2N10O2/c24-14-4-2-1-3-13(14)10-28-18(17-5-8-37-33-17)9-16(26)21-29-11-15(25)22(30-21)34-6-7-35-19(12-34)31-32-23(35)20(27)36/h1-5,8-9,11,26,28H,6-7,10,12H2,(H2,27,36)/b18-9-,26-16?. The number of carbonyl (C=O) groups excluding carboxylic acids is 1. The molecule has 0 unspecified atom stereocenters. The summed E-state index contributed by atoms with van der Waals surface area (Å²) in [5.41, 5.74) is 6.34. The van der Waals surface area contributed by atoms with Gasteiger partial charge in [-0.3, -0.25) is 10.2 Å². The number of halogens is 2. The number of fused-ring (bicyclic) bond motifs is 1. The maximum Gasteiger partial charge on any atom is 0.286 e. The van der Waals surface area contributed by atoms with Gasteiger partial charge in [-0.2, -0.15) is 0 Å². The molecule has 188 valence electrons. The maximum absolute atomic E-state index is 14.7. The summed E-state index contributed by atoms with van der Waals surface area (Å²) < 4.78 is 35.3. The molecule has 1 aromatic carbocycles. The second-order valence-corrected chi connectivity index (χ2v) is 8.04. The van der Waals surface area contributed by atoms with Gasteiger partial charge in [-0.25, -0.2) is 18.7 Å². The Balaban J connectivity index is 1.39. The van der Waals surface area contributed by atoms with Gasteiger partial charge in [0.05, 0.1) is 18.4 Å². The fourth-order valence-corrected chi connectivity index (χ4v) is 3.84. The number of aromatic nitrogens is 6. The Labute approximate surface area is 208 Å². The summed E-state index contributed by atoms with van der Waals surface area (Å²) in [6.45, 7) is 0.852. The van der Waals surface area contributed by atoms with Crippen molar-refractivity contribution in [1.29, 1.82) is 5.41 Å². The molecule has 1 aliphatic rings. The third-order valence-electron chi connectivity index (χ3n) is 5.67. The molecule has 0 aliphatic carbocycles. The SMILES string of the molecule is N=C(/C=C(\NCc1ccccc1F)c1ccon1)c1ncc(F)c(N2CCn3c(nnc3C(N)=O)C2)n1. The predicted molar refractivity (Wildman–Crippen MR) is 126 cm³/mol. The Hall–Kier alpha value is -5.01. The van der Waals surface area contributed by atoms with Crippen LogP contribution in [0.1, 0.15) is 33.5 Å². The smallest absolute Gasteiger partial charge is 0.286 e. The summed E-state index contributed by atoms with van der Waals surface area (Å²) in [7, 11) is 0. The first-order valence-electron chi connectivity index (χ1n) is 11.1. The van der Waals surface area contributed by atoms with Crippen molar-refractivity contribution in [3.63, 3.8) is 0 Å². The van der Waals surface area contributed by atoms with E-state index in [0.29, 0.717) is 35.9 Å². The highest BCUT2D eigenvalue weighted by atomic mass is 19.1. The summed E-state index contributed by atoms with van der Waals surface area (Å²) in [4.78, 5) is 21.4. The first-order chi connectivity index (χ1) is 17.9. The van der Waals surface area contributed by atoms with Crippen LogP contribution in [-0.4, -0.2) is 48.1 Å². The summed E-state index contributed by atoms with van der Waals surface area (Å²) >= 11 is 0. The Bertz CT molecular complexity index is 1500. The van der Waals surface area contributed by atoms with Gasteiger partial charge in [0.15, 0.2) is 23.3 Å². The number of benzene rings is 1. The molecule has 0 radical (unpaired) electrons. The first-order valence-corrected chi connectivity index (χ1v) is 11.1. The Morgan fingerprint density at radius 1 is 1.19 bits per heavy atom. The molecule has 0 saturated carbocycles. The molecule has 0 atom stereocenters. The number of carbonyl (C=O) groups is 1. The van der Waals surface area contributed by atoms with E-state index in [1.54, 1.807) is 33.7 Å². The minimum absolute atomic E-state index is 0.0275. The second-order valence-electron chi connectivity index (χ2n) is 8.04. The van der Waals surface area contributed by atoms with Crippen molar-refractivity contribution in [1.82, 2.24) is 35.2 Å². The number of nitrogens with two attached hydrogens (primary N) is 1. The first kappa shape index (κ1) is 23.7. The van der Waals surface area contributed by atoms with Gasteiger partial charge in [0, 0.05) is 31.3 Å². The second kappa shape index (κ2) is 9.93. The highest BCUT2D eigenvalue weighted by molar-refractivity contribution is 6.07. The lowest BCUT2D eigenvalue weighted by Gasteiger charge is -2.28. The summed E-state index contributed by atoms with van der Waals surface area (Å²) in [5, 5.41) is 23.2. The topological polar surface area (TPSA) is 165 Å². The third-order valence-corrected chi connectivity index (χ3v) is 5.67. The van der Waals surface area contributed by atoms with Crippen molar-refractivity contribution in [3.05, 3.63) is 89.2 Å². The molecular formula is C23H20F2N10O2. The average molecular weight is 506 g/mol. The van der Waals surface area contributed by atoms with Gasteiger partial charge in [-0.15, -0.1) is 10.2 Å². The van der Waals surface area contributed by atoms with Crippen molar-refractivity contribution in [2.24, 2.45) is 5.73 Å². The van der Waals surface area contributed by atoms with Gasteiger partial charge in [0.25, 0.3) is 5.91 Å². The van der Waals surface area contributed by atoms with Crippen LogP contribution in [0, 0.1) is 17.0 Å². The van der Waals surface area contributed by atoms with Gasteiger partial charge < -0.3 is 25.0 Å². The lowest BCUT2D eigenvalue weighted by molar-refractivity contribution is 0.0985. The minimum Gasteiger partial charge on any atom is -0.379 e. The van der Waals surface area contributed by atoms with E-state index in [4.69, 9.17) is 15.7 Å². The molecule has 4 heterocycles. The van der Waals surface area contributed by atoms with E-state index in [1.807, 2.05) is 0 Å². The van der Waals surface area contributed by atoms with Crippen LogP contribution in [0.3, 0.4) is 0 Å². The number of rotatable bonds is 8. The van der Waals surface area contributed by atoms with Gasteiger partial charge in [-0.1, -0.05) is 23.4 Å². The molecular weight excluding hydrogens is 486 g/mol. The third kappa shape index (κ3) is 4.89. The molecule has 0 saturated heterocycles. The molecule has 0 bridgehead atoms. The number of primary amides is 1. The fraction of sp³-hybridized carbons (Fsp3) is 0.174. The van der Waals surface area contributed by atoms with Crippen molar-refractivity contribution in [2.75, 3.05) is 11.4 Å². The van der Waals surface area contributed by atoms with Crippen LogP contribution >= 0.6 is 0 Å². The zero-order chi connectivity index (χ0) is 25.9. The minimum atomic E-state index is -0.700. The van der Waals surface area contributed by atoms with Crippen LogP contribution in [0.2, 0.25) is 0 Å². The van der Waals surface area contributed by atoms with E-state index in [-0.39, 0.29) is 42.1 Å². The Morgan fingerprint density at radius 2 is 2.03 bits per heavy atom. The van der Waals surface area contributed by atoms with E-state index in [9.17, 15) is 13.6 Å². The van der Waals surface area contributed by atoms with Crippen LogP contribution in [-0.2, 0) is 19.6 Å². The van der Waals surface area contributed by atoms with E-state index in [1.165, 1.54) is 18.4 Å². The Kier molecular flexibility index (Phi) is 6.36. The zero-order valence-electron chi connectivity index (χ0n) is 19.2. The molecule has 1 aliphatic heterocycles. The van der Waals surface area contributed by atoms with Gasteiger partial charge in [-0.05, 0) is 12.1 Å². The van der Waals surface area contributed by atoms with Crippen LogP contribution in [0.15, 0.2) is 53.4 Å². The molecule has 37 heavy (non-hydrogen) atoms. The number of nitrogens with one attached hydrogen (secondary N) is 2. The number of amides is 1. The molecule has 14 heteroatoms. The number of allylic oxidation sites excluding steroid dienone is 1. The van der Waals surface area contributed by atoms with E-state index >= 15 is 0 Å². The van der Waals surface area contributed by atoms with Crippen molar-refractivity contribution >= 4 is 23.1 Å². The maximum atomic E-state index is 14.7. The van der Waals surface area contributed by atoms with E-state index in [2.05, 4.69) is 30.6 Å². The number of hydrogen-bond donors (Lipinski definition) is 3. The highest BCUT2D eigenvalue weighted by Gasteiger charge is 2.26. The highest BCUT2D eigenvalue weighted by Crippen LogP contribution is 2.22. The summed E-state index contributed by atoms with van der Waals surface area (Å²) in [6.07, 6.45) is 3.75. The average Bonchev–Trinajstić information content (AvgIpc) is 3.57. The largest absolute Gasteiger partial charge is 0.379 e. The lowest BCUT2D eigenvalue weighted by Crippen LogP contribution is -2.36. The lowest BCUT2D eigenvalue weighted by atomic mass is 10.2. The van der Waals surface area contributed by atoms with Gasteiger partial charge in [0.2, 0.25) is 5.82 Å². The molecule has 4 N–H and O–H groups in total. The van der Waals surface area contributed by atoms with E-state index in [0.717, 1.165) is 6.20 Å². The molecule has 5 rings (SSSR count). The predicted octanol–water partition coefficient (Wildman–Crippen LogP) is 1.65. The van der Waals surface area contributed by atoms with Crippen molar-refractivity contribution in [2.45, 2.75) is 19.6 Å². The normalized spacial score (nSPS) is 13.4. The molecule has 1 amide bonds. The van der Waals surface area contributed by atoms with Crippen molar-refractivity contribution < 1.29 is 18.1 Å². The van der Waals surface area contributed by atoms with Crippen LogP contribution < -0.4 is 16.0 Å². The van der Waals surface area contributed by atoms with E-state index < -0.39 is 11.7 Å². The Morgan fingerprint density at radius 3 is 2.78 bits per heavy atom. The van der Waals surface area contributed by atoms with Crippen LogP contribution in [0.4, 0.5) is 14.6 Å². The molecule has 3 aromatic heterocycles. The monoisotopic (exact) mass is 506 g/mol. The molecule has 4 aromatic rings. The molecule has 12 nitrogen and oxygen atoms in total. The number of nitrogens with zero attached hydrogens (tertiary/aromatic N) is 7. The van der Waals surface area contributed by atoms with Crippen molar-refractivity contribution in [3.8, 4) is 0 Å². The molecule has 0 fully saturated rings. The molecule has 0 spiro atoms.